The molecule has 0 radical (unpaired) electrons. The fourth-order valence-electron chi connectivity index (χ4n) is 4.11. The first-order valence-electron chi connectivity index (χ1n) is 10.1. The van der Waals surface area contributed by atoms with Gasteiger partial charge in [0.25, 0.3) is 0 Å². The van der Waals surface area contributed by atoms with Crippen LogP contribution in [0.15, 0.2) is 29.6 Å². The highest BCUT2D eigenvalue weighted by Crippen LogP contribution is 2.29. The van der Waals surface area contributed by atoms with Gasteiger partial charge in [-0.25, -0.2) is 14.4 Å². The van der Waals surface area contributed by atoms with Crippen LogP contribution in [0.5, 0.6) is 0 Å². The van der Waals surface area contributed by atoms with E-state index in [1.807, 2.05) is 7.05 Å². The van der Waals surface area contributed by atoms with Gasteiger partial charge in [-0.2, -0.15) is 5.10 Å². The van der Waals surface area contributed by atoms with Crippen molar-refractivity contribution < 1.29 is 9.50 Å². The lowest BCUT2D eigenvalue weighted by Crippen LogP contribution is -2.22. The minimum Gasteiger partial charge on any atom is -0.398 e. The first kappa shape index (κ1) is 20.2. The second-order valence-corrected chi connectivity index (χ2v) is 7.92. The van der Waals surface area contributed by atoms with Crippen LogP contribution in [-0.2, 0) is 0 Å². The number of rotatable bonds is 6. The number of likely N-dealkylation sites (N-methyl/N-ethyl adjacent to an activating group) is 1. The monoisotopic (exact) mass is 411 g/mol. The average molecular weight is 411 g/mol. The Balaban J connectivity index is 1.60. The normalized spacial score (nSPS) is 20.9. The smallest absolute Gasteiger partial charge is 0.132 e. The summed E-state index contributed by atoms with van der Waals surface area (Å²) in [6, 6.07) is 4.68. The highest BCUT2D eigenvalue weighted by atomic mass is 19.1. The van der Waals surface area contributed by atoms with Gasteiger partial charge in [0.1, 0.15) is 18.0 Å². The Morgan fingerprint density at radius 3 is 2.87 bits per heavy atom. The number of hydrogen-bond acceptors (Lipinski definition) is 8. The van der Waals surface area contributed by atoms with E-state index in [-0.39, 0.29) is 23.9 Å². The minimum absolute atomic E-state index is 0.131. The van der Waals surface area contributed by atoms with Crippen LogP contribution in [0.3, 0.4) is 0 Å². The second kappa shape index (κ2) is 8.35. The van der Waals surface area contributed by atoms with E-state index in [9.17, 15) is 4.39 Å². The van der Waals surface area contributed by atoms with Gasteiger partial charge in [-0.15, -0.1) is 0 Å². The fraction of sp³-hybridized carbons (Fsp3) is 0.429. The van der Waals surface area contributed by atoms with Crippen LogP contribution < -0.4 is 10.6 Å². The number of halogens is 1. The lowest BCUT2D eigenvalue weighted by molar-refractivity contribution is 0.263. The highest BCUT2D eigenvalue weighted by molar-refractivity contribution is 6.13. The lowest BCUT2D eigenvalue weighted by Gasteiger charge is -2.18. The Labute approximate surface area is 174 Å². The molecule has 2 aliphatic rings. The number of aliphatic hydroxyl groups is 1. The number of hydrazone groups is 1. The number of nitrogen functional groups attached to an aromatic ring is 1. The molecule has 1 unspecified atom stereocenters. The zero-order chi connectivity index (χ0) is 21.3. The summed E-state index contributed by atoms with van der Waals surface area (Å²) in [7, 11) is 1.83. The summed E-state index contributed by atoms with van der Waals surface area (Å²) in [5.41, 5.74) is 7.75. The van der Waals surface area contributed by atoms with Gasteiger partial charge in [0.2, 0.25) is 0 Å². The molecule has 3 heterocycles. The van der Waals surface area contributed by atoms with E-state index in [0.717, 1.165) is 31.7 Å². The molecule has 2 atom stereocenters. The van der Waals surface area contributed by atoms with Crippen molar-refractivity contribution in [1.29, 1.82) is 5.41 Å². The summed E-state index contributed by atoms with van der Waals surface area (Å²) in [5, 5.41) is 23.8. The van der Waals surface area contributed by atoms with Crippen LogP contribution >= 0.6 is 0 Å². The number of benzene rings is 1. The summed E-state index contributed by atoms with van der Waals surface area (Å²) in [4.78, 5) is 10.8. The summed E-state index contributed by atoms with van der Waals surface area (Å²) in [5.74, 6) is 0.604. The van der Waals surface area contributed by atoms with Crippen LogP contribution in [0.4, 0.5) is 15.9 Å². The molecule has 1 fully saturated rings. The van der Waals surface area contributed by atoms with E-state index in [4.69, 9.17) is 16.2 Å². The van der Waals surface area contributed by atoms with Crippen LogP contribution in [-0.4, -0.2) is 65.3 Å². The first-order valence-corrected chi connectivity index (χ1v) is 10.1. The molecule has 30 heavy (non-hydrogen) atoms. The average Bonchev–Trinajstić information content (AvgIpc) is 3.37. The molecule has 8 nitrogen and oxygen atoms in total. The lowest BCUT2D eigenvalue weighted by atomic mass is 9.94. The zero-order valence-electron chi connectivity index (χ0n) is 16.9. The van der Waals surface area contributed by atoms with Gasteiger partial charge < -0.3 is 15.7 Å². The Morgan fingerprint density at radius 2 is 2.13 bits per heavy atom. The van der Waals surface area contributed by atoms with Crippen LogP contribution in [0.1, 0.15) is 35.6 Å². The van der Waals surface area contributed by atoms with E-state index in [1.54, 1.807) is 23.4 Å². The SMILES string of the molecule is CN1CC(c2cc(C(=N)c3cc(N4CC[C@@H](CCO)C4)ncn3)c(N)cc2F)C=N1. The molecule has 2 aromatic rings. The van der Waals surface area contributed by atoms with Crippen molar-refractivity contribution in [3.8, 4) is 0 Å². The van der Waals surface area contributed by atoms with E-state index in [2.05, 4.69) is 20.0 Å². The molecule has 9 heteroatoms. The van der Waals surface area contributed by atoms with Crippen LogP contribution in [0.2, 0.25) is 0 Å². The van der Waals surface area contributed by atoms with Gasteiger partial charge in [0, 0.05) is 62.7 Å². The molecule has 1 aromatic carbocycles. The van der Waals surface area contributed by atoms with Crippen molar-refractivity contribution in [2.24, 2.45) is 11.0 Å². The number of aromatic nitrogens is 2. The summed E-state index contributed by atoms with van der Waals surface area (Å²) < 4.78 is 14.6. The Kier molecular flexibility index (Phi) is 5.63. The Morgan fingerprint density at radius 1 is 1.30 bits per heavy atom. The van der Waals surface area contributed by atoms with Gasteiger partial charge in [0.05, 0.1) is 11.4 Å². The number of anilines is 2. The van der Waals surface area contributed by atoms with Crippen LogP contribution in [0, 0.1) is 17.1 Å². The van der Waals surface area contributed by atoms with E-state index >= 15 is 0 Å². The zero-order valence-corrected chi connectivity index (χ0v) is 16.9. The molecular weight excluding hydrogens is 385 g/mol. The fourth-order valence-corrected chi connectivity index (χ4v) is 4.11. The van der Waals surface area contributed by atoms with Crippen molar-refractivity contribution >= 4 is 23.4 Å². The summed E-state index contributed by atoms with van der Waals surface area (Å²) in [6.45, 7) is 2.44. The largest absolute Gasteiger partial charge is 0.398 e. The topological polar surface area (TPSA) is 115 Å². The minimum atomic E-state index is -0.397. The van der Waals surface area contributed by atoms with Gasteiger partial charge in [-0.05, 0) is 36.5 Å². The summed E-state index contributed by atoms with van der Waals surface area (Å²) in [6.07, 6.45) is 4.93. The molecule has 4 rings (SSSR count). The van der Waals surface area contributed by atoms with Gasteiger partial charge in [-0.1, -0.05) is 0 Å². The molecule has 0 amide bonds. The maximum atomic E-state index is 14.6. The van der Waals surface area contributed by atoms with Gasteiger partial charge >= 0.3 is 0 Å². The predicted molar refractivity (Wildman–Crippen MR) is 115 cm³/mol. The molecule has 0 bridgehead atoms. The number of hydrogen-bond donors (Lipinski definition) is 3. The van der Waals surface area contributed by atoms with E-state index in [0.29, 0.717) is 29.3 Å². The molecule has 4 N–H and O–H groups in total. The van der Waals surface area contributed by atoms with Crippen molar-refractivity contribution in [1.82, 2.24) is 15.0 Å². The molecule has 0 aliphatic carbocycles. The maximum absolute atomic E-state index is 14.6. The van der Waals surface area contributed by atoms with Gasteiger partial charge in [0.15, 0.2) is 0 Å². The Hall–Kier alpha value is -3.07. The van der Waals surface area contributed by atoms with Crippen molar-refractivity contribution in [2.45, 2.75) is 18.8 Å². The number of nitrogens with two attached hydrogens (primary N) is 1. The third-order valence-corrected chi connectivity index (χ3v) is 5.80. The molecule has 1 aromatic heterocycles. The maximum Gasteiger partial charge on any atom is 0.132 e. The highest BCUT2D eigenvalue weighted by Gasteiger charge is 2.25. The third kappa shape index (κ3) is 3.97. The molecule has 2 aliphatic heterocycles. The van der Waals surface area contributed by atoms with Crippen LogP contribution in [0.25, 0.3) is 0 Å². The predicted octanol–water partition coefficient (Wildman–Crippen LogP) is 1.84. The molecule has 1 saturated heterocycles. The molecule has 158 valence electrons. The van der Waals surface area contributed by atoms with E-state index < -0.39 is 5.82 Å². The quantitative estimate of drug-likeness (QED) is 0.494. The number of aliphatic hydroxyl groups excluding tert-OH is 1. The second-order valence-electron chi connectivity index (χ2n) is 7.92. The third-order valence-electron chi connectivity index (χ3n) is 5.80. The number of nitrogens with one attached hydrogen (secondary N) is 1. The molecule has 0 spiro atoms. The Bertz CT molecular complexity index is 980. The standard InChI is InChI=1S/C21H26FN7O/c1-28-11-14(9-27-28)15-6-16(18(23)7-17(15)22)21(24)19-8-20(26-12-25-19)29-4-2-13(10-29)3-5-30/h6-9,12-14,24,30H,2-5,10-11,23H2,1H3/t13-,14?/m0/s1. The van der Waals surface area contributed by atoms with Crippen molar-refractivity contribution in [2.75, 3.05) is 43.9 Å². The van der Waals surface area contributed by atoms with Crippen molar-refractivity contribution in [3.05, 3.63) is 47.2 Å². The molecule has 0 saturated carbocycles. The summed E-state index contributed by atoms with van der Waals surface area (Å²) >= 11 is 0. The first-order chi connectivity index (χ1) is 14.5. The van der Waals surface area contributed by atoms with E-state index in [1.165, 1.54) is 12.4 Å². The van der Waals surface area contributed by atoms with Crippen molar-refractivity contribution in [3.63, 3.8) is 0 Å². The molecular formula is C21H26FN7O. The number of nitrogens with zero attached hydrogens (tertiary/aromatic N) is 5. The van der Waals surface area contributed by atoms with Gasteiger partial charge in [-0.3, -0.25) is 10.4 Å².